The van der Waals surface area contributed by atoms with Crippen molar-refractivity contribution in [1.29, 1.82) is 0 Å². The highest BCUT2D eigenvalue weighted by Gasteiger charge is 2.38. The predicted molar refractivity (Wildman–Crippen MR) is 131 cm³/mol. The molecule has 6 nitrogen and oxygen atoms in total. The number of piperidine rings is 1. The van der Waals surface area contributed by atoms with Crippen LogP contribution in [0.15, 0.2) is 78.4 Å². The number of aliphatic hydroxyl groups is 1. The standard InChI is InChI=1S/C26H27F3N2O4S/c27-26(28,29)21-7-4-8-23(17-21)36(34,35)30-22-11-9-20(10-12-22)24(32)31-15-13-25(33,14-16-31)18-19-5-2-1-3-6-19/h1-12,23,30,33H,13-18H2. The molecule has 1 aliphatic heterocycles. The molecule has 1 heterocycles. The number of anilines is 1. The maximum Gasteiger partial charge on any atom is 0.412 e. The summed E-state index contributed by atoms with van der Waals surface area (Å²) in [6.07, 6.45) is -0.688. The summed E-state index contributed by atoms with van der Waals surface area (Å²) in [5.41, 5.74) is -0.245. The van der Waals surface area contributed by atoms with E-state index in [1.165, 1.54) is 30.3 Å². The summed E-state index contributed by atoms with van der Waals surface area (Å²) >= 11 is 0. The molecule has 0 saturated carbocycles. The summed E-state index contributed by atoms with van der Waals surface area (Å²) < 4.78 is 66.5. The zero-order valence-corrected chi connectivity index (χ0v) is 20.2. The van der Waals surface area contributed by atoms with Gasteiger partial charge in [-0.3, -0.25) is 9.52 Å². The molecule has 192 valence electrons. The van der Waals surface area contributed by atoms with Crippen LogP contribution in [0.2, 0.25) is 0 Å². The highest BCUT2D eigenvalue weighted by molar-refractivity contribution is 7.93. The van der Waals surface area contributed by atoms with Crippen LogP contribution in [-0.2, 0) is 16.4 Å². The molecule has 2 N–H and O–H groups in total. The van der Waals surface area contributed by atoms with Crippen molar-refractivity contribution in [2.45, 2.75) is 42.7 Å². The van der Waals surface area contributed by atoms with Crippen molar-refractivity contribution in [3.63, 3.8) is 0 Å². The van der Waals surface area contributed by atoms with E-state index in [1.54, 1.807) is 4.90 Å². The number of halogens is 3. The molecule has 1 aliphatic carbocycles. The number of nitrogens with one attached hydrogen (secondary N) is 1. The van der Waals surface area contributed by atoms with Gasteiger partial charge < -0.3 is 10.0 Å². The second-order valence-corrected chi connectivity index (χ2v) is 11.1. The molecule has 0 radical (unpaired) electrons. The van der Waals surface area contributed by atoms with Crippen LogP contribution in [0, 0.1) is 0 Å². The lowest BCUT2D eigenvalue weighted by atomic mass is 9.85. The number of allylic oxidation sites excluding steroid dienone is 3. The first kappa shape index (κ1) is 26.0. The van der Waals surface area contributed by atoms with E-state index < -0.39 is 39.0 Å². The number of hydrogen-bond acceptors (Lipinski definition) is 4. The van der Waals surface area contributed by atoms with Crippen LogP contribution in [0.5, 0.6) is 0 Å². The Labute approximate surface area is 208 Å². The van der Waals surface area contributed by atoms with E-state index in [1.807, 2.05) is 30.3 Å². The van der Waals surface area contributed by atoms with E-state index in [2.05, 4.69) is 4.72 Å². The van der Waals surface area contributed by atoms with Crippen molar-refractivity contribution in [2.75, 3.05) is 17.8 Å². The molecule has 4 rings (SSSR count). The number of hydrogen-bond donors (Lipinski definition) is 2. The van der Waals surface area contributed by atoms with E-state index in [4.69, 9.17) is 0 Å². The number of carbonyl (C=O) groups is 1. The van der Waals surface area contributed by atoms with Gasteiger partial charge >= 0.3 is 6.18 Å². The van der Waals surface area contributed by atoms with Crippen LogP contribution in [0.4, 0.5) is 18.9 Å². The number of sulfonamides is 1. The third-order valence-corrected chi connectivity index (χ3v) is 8.20. The lowest BCUT2D eigenvalue weighted by Crippen LogP contribution is -2.47. The number of nitrogens with zero attached hydrogens (tertiary/aromatic N) is 1. The van der Waals surface area contributed by atoms with Gasteiger partial charge in [-0.2, -0.15) is 13.2 Å². The number of benzene rings is 2. The Morgan fingerprint density at radius 2 is 1.69 bits per heavy atom. The highest BCUT2D eigenvalue weighted by Crippen LogP contribution is 2.33. The van der Waals surface area contributed by atoms with Crippen LogP contribution >= 0.6 is 0 Å². The lowest BCUT2D eigenvalue weighted by molar-refractivity contribution is -0.0939. The molecule has 10 heteroatoms. The molecule has 2 aromatic carbocycles. The fraction of sp³-hybridized carbons (Fsp3) is 0.346. The third-order valence-electron chi connectivity index (χ3n) is 6.56. The minimum Gasteiger partial charge on any atom is -0.389 e. The second-order valence-electron chi connectivity index (χ2n) is 9.22. The van der Waals surface area contributed by atoms with Gasteiger partial charge in [0.1, 0.15) is 5.25 Å². The van der Waals surface area contributed by atoms with E-state index >= 15 is 0 Å². The molecular weight excluding hydrogens is 493 g/mol. The summed E-state index contributed by atoms with van der Waals surface area (Å²) in [5, 5.41) is 9.58. The van der Waals surface area contributed by atoms with Gasteiger partial charge in [-0.1, -0.05) is 48.6 Å². The average Bonchev–Trinajstić information content (AvgIpc) is 2.84. The van der Waals surface area contributed by atoms with Gasteiger partial charge in [0.2, 0.25) is 10.0 Å². The number of likely N-dealkylation sites (tertiary alicyclic amines) is 1. The van der Waals surface area contributed by atoms with Crippen LogP contribution in [0.1, 0.15) is 35.2 Å². The number of alkyl halides is 3. The zero-order chi connectivity index (χ0) is 26.0. The van der Waals surface area contributed by atoms with Crippen molar-refractivity contribution >= 4 is 21.6 Å². The molecule has 1 saturated heterocycles. The lowest BCUT2D eigenvalue weighted by Gasteiger charge is -2.38. The van der Waals surface area contributed by atoms with E-state index in [-0.39, 0.29) is 11.6 Å². The maximum atomic E-state index is 13.0. The Bertz CT molecular complexity index is 1250. The quantitative estimate of drug-likeness (QED) is 0.589. The summed E-state index contributed by atoms with van der Waals surface area (Å²) in [7, 11) is -4.12. The van der Waals surface area contributed by atoms with Crippen molar-refractivity contribution in [3.05, 3.63) is 89.5 Å². The Morgan fingerprint density at radius 3 is 2.31 bits per heavy atom. The Morgan fingerprint density at radius 1 is 1.06 bits per heavy atom. The largest absolute Gasteiger partial charge is 0.412 e. The molecule has 1 amide bonds. The highest BCUT2D eigenvalue weighted by atomic mass is 32.2. The Hall–Kier alpha value is -3.11. The van der Waals surface area contributed by atoms with Crippen molar-refractivity contribution in [3.8, 4) is 0 Å². The van der Waals surface area contributed by atoms with Gasteiger partial charge in [-0.15, -0.1) is 0 Å². The van der Waals surface area contributed by atoms with Gasteiger partial charge in [0.15, 0.2) is 0 Å². The topological polar surface area (TPSA) is 86.7 Å². The van der Waals surface area contributed by atoms with E-state index in [9.17, 15) is 31.5 Å². The van der Waals surface area contributed by atoms with Gasteiger partial charge in [0.25, 0.3) is 5.91 Å². The Kier molecular flexibility index (Phi) is 7.28. The van der Waals surface area contributed by atoms with Crippen LogP contribution in [-0.4, -0.2) is 54.4 Å². The molecule has 1 unspecified atom stereocenters. The molecule has 2 aliphatic rings. The summed E-state index contributed by atoms with van der Waals surface area (Å²) in [6, 6.07) is 15.4. The monoisotopic (exact) mass is 520 g/mol. The molecule has 2 aromatic rings. The Balaban J connectivity index is 1.34. The molecule has 0 spiro atoms. The summed E-state index contributed by atoms with van der Waals surface area (Å²) in [4.78, 5) is 14.6. The maximum absolute atomic E-state index is 13.0. The second kappa shape index (κ2) is 10.1. The van der Waals surface area contributed by atoms with Gasteiger partial charge in [-0.25, -0.2) is 8.42 Å². The molecule has 1 atom stereocenters. The molecule has 1 fully saturated rings. The zero-order valence-electron chi connectivity index (χ0n) is 19.4. The van der Waals surface area contributed by atoms with Gasteiger partial charge in [0.05, 0.1) is 5.60 Å². The SMILES string of the molecule is O=C(c1ccc(NS(=O)(=O)C2C=CC=C(C(F)(F)F)C2)cc1)N1CCC(O)(Cc2ccccc2)CC1. The third kappa shape index (κ3) is 6.17. The number of amides is 1. The van der Waals surface area contributed by atoms with Crippen molar-refractivity contribution < 1.29 is 31.5 Å². The van der Waals surface area contributed by atoms with Gasteiger partial charge in [-0.05, 0) is 49.1 Å². The smallest absolute Gasteiger partial charge is 0.389 e. The summed E-state index contributed by atoms with van der Waals surface area (Å²) in [5.74, 6) is -0.235. The molecular formula is C26H27F3N2O4S. The minimum absolute atomic E-state index is 0.152. The molecule has 0 bridgehead atoms. The number of carbonyl (C=O) groups excluding carboxylic acids is 1. The fourth-order valence-electron chi connectivity index (χ4n) is 4.45. The molecule has 36 heavy (non-hydrogen) atoms. The first-order valence-electron chi connectivity index (χ1n) is 11.6. The van der Waals surface area contributed by atoms with E-state index in [0.717, 1.165) is 17.7 Å². The van der Waals surface area contributed by atoms with Gasteiger partial charge in [0, 0.05) is 36.3 Å². The first-order chi connectivity index (χ1) is 17.0. The predicted octanol–water partition coefficient (Wildman–Crippen LogP) is 4.46. The van der Waals surface area contributed by atoms with Crippen LogP contribution in [0.3, 0.4) is 0 Å². The van der Waals surface area contributed by atoms with Crippen LogP contribution in [0.25, 0.3) is 0 Å². The number of rotatable bonds is 6. The van der Waals surface area contributed by atoms with Crippen LogP contribution < -0.4 is 4.72 Å². The van der Waals surface area contributed by atoms with E-state index in [0.29, 0.717) is 37.9 Å². The first-order valence-corrected chi connectivity index (χ1v) is 13.1. The normalized spacial score (nSPS) is 20.1. The minimum atomic E-state index is -4.59. The van der Waals surface area contributed by atoms with Crippen molar-refractivity contribution in [2.24, 2.45) is 0 Å². The fourth-order valence-corrected chi connectivity index (χ4v) is 5.77. The van der Waals surface area contributed by atoms with Crippen molar-refractivity contribution in [1.82, 2.24) is 4.90 Å². The average molecular weight is 521 g/mol. The summed E-state index contributed by atoms with van der Waals surface area (Å²) in [6.45, 7) is 0.777. The molecule has 0 aromatic heterocycles.